The molecule has 5 aromatic heterocycles. The molecule has 11 heteroatoms. The van der Waals surface area contributed by atoms with Gasteiger partial charge < -0.3 is 9.55 Å². The monoisotopic (exact) mass is 511 g/mol. The fourth-order valence-electron chi connectivity index (χ4n) is 5.06. The van der Waals surface area contributed by atoms with Crippen molar-refractivity contribution in [1.82, 2.24) is 44.6 Å². The largest absolute Gasteiger partial charge is 0.336 e. The van der Waals surface area contributed by atoms with E-state index in [9.17, 15) is 8.78 Å². The summed E-state index contributed by atoms with van der Waals surface area (Å²) in [7, 11) is 0. The Bertz CT molecular complexity index is 1800. The molecule has 6 heterocycles. The van der Waals surface area contributed by atoms with Gasteiger partial charge in [-0.3, -0.25) is 20.0 Å². The number of H-pyrrole nitrogens is 2. The number of alkyl halides is 2. The van der Waals surface area contributed by atoms with Crippen LogP contribution in [-0.2, 0) is 6.54 Å². The number of aromatic nitrogens is 8. The molecule has 0 bridgehead atoms. The Morgan fingerprint density at radius 3 is 2.82 bits per heavy atom. The Kier molecular flexibility index (Phi) is 5.08. The first-order valence-corrected chi connectivity index (χ1v) is 12.3. The zero-order valence-electron chi connectivity index (χ0n) is 20.5. The molecule has 1 fully saturated rings. The molecule has 0 atom stereocenters. The average Bonchev–Trinajstić information content (AvgIpc) is 3.69. The summed E-state index contributed by atoms with van der Waals surface area (Å²) in [5.41, 5.74) is 7.40. The summed E-state index contributed by atoms with van der Waals surface area (Å²) in [4.78, 5) is 23.3. The summed E-state index contributed by atoms with van der Waals surface area (Å²) in [5, 5.41) is 8.44. The summed E-state index contributed by atoms with van der Waals surface area (Å²) in [6.07, 6.45) is 8.82. The van der Waals surface area contributed by atoms with Crippen LogP contribution >= 0.6 is 0 Å². The number of benzene rings is 1. The molecule has 38 heavy (non-hydrogen) atoms. The first-order valence-electron chi connectivity index (χ1n) is 12.3. The van der Waals surface area contributed by atoms with Crippen molar-refractivity contribution in [3.8, 4) is 28.5 Å². The van der Waals surface area contributed by atoms with Crippen molar-refractivity contribution in [3.63, 3.8) is 0 Å². The lowest BCUT2D eigenvalue weighted by molar-refractivity contribution is 0.0115. The van der Waals surface area contributed by atoms with E-state index in [-0.39, 0.29) is 13.0 Å². The van der Waals surface area contributed by atoms with Crippen LogP contribution in [0.5, 0.6) is 0 Å². The first-order chi connectivity index (χ1) is 18.4. The van der Waals surface area contributed by atoms with Crippen LogP contribution in [0.2, 0.25) is 0 Å². The number of para-hydroxylation sites is 1. The molecule has 0 radical (unpaired) electrons. The minimum atomic E-state index is -2.62. The second-order valence-corrected chi connectivity index (χ2v) is 9.77. The van der Waals surface area contributed by atoms with Crippen LogP contribution in [0, 0.1) is 6.92 Å². The predicted molar refractivity (Wildman–Crippen MR) is 139 cm³/mol. The van der Waals surface area contributed by atoms with Crippen LogP contribution < -0.4 is 0 Å². The second-order valence-electron chi connectivity index (χ2n) is 9.77. The molecule has 1 aliphatic heterocycles. The lowest BCUT2D eigenvalue weighted by atomic mass is 10.1. The molecule has 2 N–H and O–H groups in total. The van der Waals surface area contributed by atoms with Crippen molar-refractivity contribution in [3.05, 3.63) is 72.7 Å². The van der Waals surface area contributed by atoms with Gasteiger partial charge in [0, 0.05) is 49.1 Å². The number of likely N-dealkylation sites (tertiary alicyclic amines) is 1. The van der Waals surface area contributed by atoms with Crippen molar-refractivity contribution in [2.75, 3.05) is 13.1 Å². The smallest absolute Gasteiger partial charge is 0.261 e. The van der Waals surface area contributed by atoms with Gasteiger partial charge in [0.1, 0.15) is 11.2 Å². The van der Waals surface area contributed by atoms with Gasteiger partial charge in [-0.2, -0.15) is 5.10 Å². The Labute approximate surface area is 215 Å². The second kappa shape index (κ2) is 8.52. The van der Waals surface area contributed by atoms with Crippen LogP contribution in [0.4, 0.5) is 8.78 Å². The molecular formula is C27H23F2N9. The molecule has 1 aromatic carbocycles. The Morgan fingerprint density at radius 2 is 2.00 bits per heavy atom. The number of aryl methyl sites for hydroxylation is 1. The number of nitrogens with zero attached hydrogens (tertiary/aromatic N) is 7. The van der Waals surface area contributed by atoms with Gasteiger partial charge in [-0.05, 0) is 36.8 Å². The minimum absolute atomic E-state index is 0.104. The summed E-state index contributed by atoms with van der Waals surface area (Å²) in [6.45, 7) is 2.52. The van der Waals surface area contributed by atoms with Gasteiger partial charge in [-0.25, -0.2) is 18.7 Å². The van der Waals surface area contributed by atoms with Gasteiger partial charge in [0.2, 0.25) is 0 Å². The Hall–Kier alpha value is -4.51. The van der Waals surface area contributed by atoms with E-state index in [1.165, 1.54) is 0 Å². The zero-order valence-corrected chi connectivity index (χ0v) is 20.5. The molecule has 1 saturated heterocycles. The lowest BCUT2D eigenvalue weighted by Crippen LogP contribution is -2.24. The first kappa shape index (κ1) is 22.7. The number of pyridine rings is 2. The van der Waals surface area contributed by atoms with Crippen molar-refractivity contribution >= 4 is 21.9 Å². The summed E-state index contributed by atoms with van der Waals surface area (Å²) < 4.78 is 29.2. The van der Waals surface area contributed by atoms with Crippen molar-refractivity contribution in [1.29, 1.82) is 0 Å². The van der Waals surface area contributed by atoms with Crippen LogP contribution in [0.25, 0.3) is 50.4 Å². The topological polar surface area (TPSA) is 104 Å². The molecule has 6 aromatic rings. The molecule has 190 valence electrons. The maximum Gasteiger partial charge on any atom is 0.261 e. The molecule has 0 spiro atoms. The molecule has 0 amide bonds. The molecule has 9 nitrogen and oxygen atoms in total. The molecule has 0 unspecified atom stereocenters. The number of nitrogens with one attached hydrogen (secondary N) is 2. The molecular weight excluding hydrogens is 488 g/mol. The van der Waals surface area contributed by atoms with E-state index in [4.69, 9.17) is 4.98 Å². The van der Waals surface area contributed by atoms with Crippen LogP contribution in [-0.4, -0.2) is 63.6 Å². The highest BCUT2D eigenvalue weighted by atomic mass is 19.3. The van der Waals surface area contributed by atoms with E-state index in [1.807, 2.05) is 48.0 Å². The standard InChI is InChI=1S/C27H23F2N9/c1-16-12-38(15-32-16)23-4-2-3-20-25(23)34-26(33-20)24-19-8-21(31-11-22(19)35-36-24)18-7-17(9-30-10-18)13-37-6-5-27(28,29)14-37/h2-4,7-12,15H,5-6,13-14H2,1H3,(H,33,34)(H,35,36). The average molecular weight is 512 g/mol. The molecule has 1 aliphatic rings. The van der Waals surface area contributed by atoms with Crippen LogP contribution in [0.15, 0.2) is 61.4 Å². The highest BCUT2D eigenvalue weighted by Crippen LogP contribution is 2.31. The Morgan fingerprint density at radius 1 is 1.08 bits per heavy atom. The number of fused-ring (bicyclic) bond motifs is 2. The SMILES string of the molecule is Cc1cn(-c2cccc3[nH]c(-c4n[nH]c5cnc(-c6cncc(CN7CCC(F)(F)C7)c6)cc45)nc23)cn1. The minimum Gasteiger partial charge on any atom is -0.336 e. The maximum atomic E-state index is 13.6. The number of aromatic amines is 2. The predicted octanol–water partition coefficient (Wildman–Crippen LogP) is 4.90. The van der Waals surface area contributed by atoms with Gasteiger partial charge in [0.15, 0.2) is 5.82 Å². The normalized spacial score (nSPS) is 15.7. The fraction of sp³-hybridized carbons (Fsp3) is 0.222. The third-order valence-electron chi connectivity index (χ3n) is 6.90. The van der Waals surface area contributed by atoms with E-state index in [0.29, 0.717) is 30.3 Å². The van der Waals surface area contributed by atoms with Crippen molar-refractivity contribution in [2.24, 2.45) is 0 Å². The number of halogens is 2. The van der Waals surface area contributed by atoms with Gasteiger partial charge in [-0.1, -0.05) is 6.07 Å². The van der Waals surface area contributed by atoms with E-state index in [1.54, 1.807) is 29.8 Å². The number of hydrogen-bond acceptors (Lipinski definition) is 6. The summed E-state index contributed by atoms with van der Waals surface area (Å²) >= 11 is 0. The van der Waals surface area contributed by atoms with Crippen molar-refractivity contribution < 1.29 is 8.78 Å². The molecule has 0 aliphatic carbocycles. The van der Waals surface area contributed by atoms with Crippen molar-refractivity contribution in [2.45, 2.75) is 25.8 Å². The van der Waals surface area contributed by atoms with Crippen LogP contribution in [0.3, 0.4) is 0 Å². The molecule has 0 saturated carbocycles. The number of rotatable bonds is 5. The summed E-state index contributed by atoms with van der Waals surface area (Å²) in [5.74, 6) is -1.99. The van der Waals surface area contributed by atoms with Gasteiger partial charge in [0.05, 0.1) is 47.2 Å². The third-order valence-corrected chi connectivity index (χ3v) is 6.90. The summed E-state index contributed by atoms with van der Waals surface area (Å²) in [6, 6.07) is 9.86. The van der Waals surface area contributed by atoms with E-state index in [2.05, 4.69) is 30.1 Å². The van der Waals surface area contributed by atoms with Crippen LogP contribution in [0.1, 0.15) is 17.7 Å². The van der Waals surface area contributed by atoms with E-state index >= 15 is 0 Å². The van der Waals surface area contributed by atoms with Gasteiger partial charge >= 0.3 is 0 Å². The molecule has 7 rings (SSSR count). The quantitative estimate of drug-likeness (QED) is 0.341. The zero-order chi connectivity index (χ0) is 25.9. The van der Waals surface area contributed by atoms with E-state index < -0.39 is 5.92 Å². The number of hydrogen-bond donors (Lipinski definition) is 2. The van der Waals surface area contributed by atoms with E-state index in [0.717, 1.165) is 44.4 Å². The highest BCUT2D eigenvalue weighted by molar-refractivity contribution is 5.95. The highest BCUT2D eigenvalue weighted by Gasteiger charge is 2.37. The van der Waals surface area contributed by atoms with Gasteiger partial charge in [-0.15, -0.1) is 0 Å². The van der Waals surface area contributed by atoms with Gasteiger partial charge in [0.25, 0.3) is 5.92 Å². The fourth-order valence-corrected chi connectivity index (χ4v) is 5.06. The maximum absolute atomic E-state index is 13.6. The Balaban J connectivity index is 1.24. The number of imidazole rings is 2. The third kappa shape index (κ3) is 4.01. The lowest BCUT2D eigenvalue weighted by Gasteiger charge is -2.15.